The van der Waals surface area contributed by atoms with Gasteiger partial charge in [-0.05, 0) is 47.2 Å². The SMILES string of the molecule is CCc1ccc2c(c1)S(=O)(=O)c1cc(CC)ccc1C2. The molecule has 0 saturated heterocycles. The van der Waals surface area contributed by atoms with E-state index >= 15 is 0 Å². The van der Waals surface area contributed by atoms with Crippen molar-refractivity contribution in [2.24, 2.45) is 0 Å². The zero-order valence-electron chi connectivity index (χ0n) is 11.8. The molecule has 20 heavy (non-hydrogen) atoms. The molecule has 3 rings (SSSR count). The number of sulfone groups is 1. The summed E-state index contributed by atoms with van der Waals surface area (Å²) in [5.74, 6) is 0. The maximum Gasteiger partial charge on any atom is 0.207 e. The summed E-state index contributed by atoms with van der Waals surface area (Å²) < 4.78 is 25.7. The van der Waals surface area contributed by atoms with Crippen LogP contribution in [0.3, 0.4) is 0 Å². The van der Waals surface area contributed by atoms with Gasteiger partial charge in [-0.15, -0.1) is 0 Å². The summed E-state index contributed by atoms with van der Waals surface area (Å²) in [6, 6.07) is 11.7. The fraction of sp³-hybridized carbons (Fsp3) is 0.294. The van der Waals surface area contributed by atoms with Gasteiger partial charge in [-0.3, -0.25) is 0 Å². The molecule has 1 aliphatic rings. The lowest BCUT2D eigenvalue weighted by Crippen LogP contribution is -2.15. The monoisotopic (exact) mass is 286 g/mol. The molecule has 0 aromatic heterocycles. The van der Waals surface area contributed by atoms with Crippen LogP contribution in [0.1, 0.15) is 36.1 Å². The van der Waals surface area contributed by atoms with E-state index in [4.69, 9.17) is 0 Å². The van der Waals surface area contributed by atoms with Gasteiger partial charge in [0.15, 0.2) is 0 Å². The average molecular weight is 286 g/mol. The summed E-state index contributed by atoms with van der Waals surface area (Å²) in [7, 11) is -3.37. The van der Waals surface area contributed by atoms with Gasteiger partial charge in [0.1, 0.15) is 0 Å². The molecule has 0 saturated carbocycles. The van der Waals surface area contributed by atoms with Gasteiger partial charge in [0.25, 0.3) is 0 Å². The first-order valence-electron chi connectivity index (χ1n) is 7.05. The Balaban J connectivity index is 2.25. The lowest BCUT2D eigenvalue weighted by atomic mass is 10.0. The third kappa shape index (κ3) is 1.97. The standard InChI is InChI=1S/C17H18O2S/c1-3-12-5-7-14-11-15-8-6-13(4-2)10-17(15)20(18,19)16(14)9-12/h5-10H,3-4,11H2,1-2H3. The number of hydrogen-bond acceptors (Lipinski definition) is 2. The molecule has 0 N–H and O–H groups in total. The first kappa shape index (κ1) is 13.4. The number of rotatable bonds is 2. The number of hydrogen-bond donors (Lipinski definition) is 0. The van der Waals surface area contributed by atoms with Crippen molar-refractivity contribution < 1.29 is 8.42 Å². The van der Waals surface area contributed by atoms with E-state index in [0.717, 1.165) is 35.1 Å². The van der Waals surface area contributed by atoms with E-state index < -0.39 is 9.84 Å². The second kappa shape index (κ2) is 4.74. The largest absolute Gasteiger partial charge is 0.218 e. The quantitative estimate of drug-likeness (QED) is 0.722. The molecule has 2 aromatic rings. The van der Waals surface area contributed by atoms with Crippen LogP contribution in [-0.2, 0) is 29.1 Å². The molecule has 3 heteroatoms. The summed E-state index contributed by atoms with van der Waals surface area (Å²) in [5.41, 5.74) is 3.97. The van der Waals surface area contributed by atoms with E-state index in [2.05, 4.69) is 0 Å². The molecule has 0 spiro atoms. The van der Waals surface area contributed by atoms with Crippen molar-refractivity contribution in [3.8, 4) is 0 Å². The molecule has 0 fully saturated rings. The van der Waals surface area contributed by atoms with Gasteiger partial charge in [0, 0.05) is 6.42 Å². The fourth-order valence-electron chi connectivity index (χ4n) is 2.75. The van der Waals surface area contributed by atoms with Crippen molar-refractivity contribution in [3.63, 3.8) is 0 Å². The summed E-state index contributed by atoms with van der Waals surface area (Å²) in [6.07, 6.45) is 2.41. The normalized spacial score (nSPS) is 15.5. The van der Waals surface area contributed by atoms with E-state index in [-0.39, 0.29) is 0 Å². The molecule has 0 unspecified atom stereocenters. The van der Waals surface area contributed by atoms with Crippen LogP contribution in [-0.4, -0.2) is 8.42 Å². The van der Waals surface area contributed by atoms with Gasteiger partial charge in [-0.25, -0.2) is 8.42 Å². The third-order valence-corrected chi connectivity index (χ3v) is 5.96. The van der Waals surface area contributed by atoms with E-state index in [1.807, 2.05) is 50.2 Å². The number of fused-ring (bicyclic) bond motifs is 2. The first-order chi connectivity index (χ1) is 9.56. The Kier molecular flexibility index (Phi) is 3.17. The van der Waals surface area contributed by atoms with Gasteiger partial charge in [0.05, 0.1) is 9.79 Å². The topological polar surface area (TPSA) is 34.1 Å². The minimum atomic E-state index is -3.37. The van der Waals surface area contributed by atoms with Crippen molar-refractivity contribution in [2.75, 3.05) is 0 Å². The molecular formula is C17H18O2S. The van der Waals surface area contributed by atoms with Gasteiger partial charge in [-0.1, -0.05) is 38.1 Å². The molecule has 1 heterocycles. The van der Waals surface area contributed by atoms with E-state index in [9.17, 15) is 8.42 Å². The van der Waals surface area contributed by atoms with Gasteiger partial charge in [0.2, 0.25) is 9.84 Å². The third-order valence-electron chi connectivity index (χ3n) is 4.04. The molecule has 1 aliphatic heterocycles. The maximum atomic E-state index is 12.8. The van der Waals surface area contributed by atoms with Crippen molar-refractivity contribution >= 4 is 9.84 Å². The van der Waals surface area contributed by atoms with Crippen LogP contribution in [0, 0.1) is 0 Å². The van der Waals surface area contributed by atoms with Crippen LogP contribution in [0.2, 0.25) is 0 Å². The highest BCUT2D eigenvalue weighted by Crippen LogP contribution is 2.35. The van der Waals surface area contributed by atoms with Crippen LogP contribution in [0.25, 0.3) is 0 Å². The van der Waals surface area contributed by atoms with Crippen LogP contribution < -0.4 is 0 Å². The zero-order chi connectivity index (χ0) is 14.3. The average Bonchev–Trinajstić information content (AvgIpc) is 2.47. The van der Waals surface area contributed by atoms with Crippen LogP contribution in [0.5, 0.6) is 0 Å². The Labute approximate surface area is 120 Å². The minimum Gasteiger partial charge on any atom is -0.218 e. The highest BCUT2D eigenvalue weighted by atomic mass is 32.2. The smallest absolute Gasteiger partial charge is 0.207 e. The Morgan fingerprint density at radius 1 is 0.850 bits per heavy atom. The molecule has 104 valence electrons. The molecule has 2 aromatic carbocycles. The second-order valence-electron chi connectivity index (χ2n) is 5.27. The Morgan fingerprint density at radius 2 is 1.30 bits per heavy atom. The van der Waals surface area contributed by atoms with Crippen LogP contribution >= 0.6 is 0 Å². The van der Waals surface area contributed by atoms with E-state index in [1.165, 1.54) is 0 Å². The molecule has 2 nitrogen and oxygen atoms in total. The van der Waals surface area contributed by atoms with Crippen LogP contribution in [0.4, 0.5) is 0 Å². The van der Waals surface area contributed by atoms with Crippen molar-refractivity contribution in [2.45, 2.75) is 42.9 Å². The molecule has 0 radical (unpaired) electrons. The molecule has 0 aliphatic carbocycles. The van der Waals surface area contributed by atoms with Crippen LogP contribution in [0.15, 0.2) is 46.2 Å². The second-order valence-corrected chi connectivity index (χ2v) is 7.16. The first-order valence-corrected chi connectivity index (χ1v) is 8.53. The minimum absolute atomic E-state index is 0.498. The van der Waals surface area contributed by atoms with E-state index in [0.29, 0.717) is 16.2 Å². The zero-order valence-corrected chi connectivity index (χ0v) is 12.6. The number of aryl methyl sites for hydroxylation is 2. The highest BCUT2D eigenvalue weighted by Gasteiger charge is 2.29. The Morgan fingerprint density at radius 3 is 1.70 bits per heavy atom. The predicted molar refractivity (Wildman–Crippen MR) is 79.9 cm³/mol. The lowest BCUT2D eigenvalue weighted by Gasteiger charge is -2.21. The maximum absolute atomic E-state index is 12.8. The van der Waals surface area contributed by atoms with Crippen molar-refractivity contribution in [3.05, 3.63) is 58.7 Å². The molecule has 0 atom stereocenters. The number of benzene rings is 2. The lowest BCUT2D eigenvalue weighted by molar-refractivity contribution is 0.591. The van der Waals surface area contributed by atoms with E-state index in [1.54, 1.807) is 0 Å². The Bertz CT molecular complexity index is 714. The van der Waals surface area contributed by atoms with Gasteiger partial charge >= 0.3 is 0 Å². The summed E-state index contributed by atoms with van der Waals surface area (Å²) in [4.78, 5) is 0.996. The van der Waals surface area contributed by atoms with Crippen molar-refractivity contribution in [1.29, 1.82) is 0 Å². The van der Waals surface area contributed by atoms with Gasteiger partial charge < -0.3 is 0 Å². The summed E-state index contributed by atoms with van der Waals surface area (Å²) in [5, 5.41) is 0. The molecule has 0 bridgehead atoms. The van der Waals surface area contributed by atoms with Crippen molar-refractivity contribution in [1.82, 2.24) is 0 Å². The molecular weight excluding hydrogens is 268 g/mol. The molecule has 0 amide bonds. The summed E-state index contributed by atoms with van der Waals surface area (Å²) in [6.45, 7) is 4.08. The highest BCUT2D eigenvalue weighted by molar-refractivity contribution is 7.91. The summed E-state index contributed by atoms with van der Waals surface area (Å²) >= 11 is 0. The predicted octanol–water partition coefficient (Wildman–Crippen LogP) is 3.55. The fourth-order valence-corrected chi connectivity index (χ4v) is 4.57. The van der Waals surface area contributed by atoms with Gasteiger partial charge in [-0.2, -0.15) is 0 Å². The Hall–Kier alpha value is -1.61.